The molecule has 0 unspecified atom stereocenters. The number of aryl methyl sites for hydroxylation is 2. The third-order valence-electron chi connectivity index (χ3n) is 5.56. The van der Waals surface area contributed by atoms with Crippen molar-refractivity contribution in [3.8, 4) is 5.88 Å². The molecule has 1 N–H and O–H groups in total. The van der Waals surface area contributed by atoms with E-state index in [0.717, 1.165) is 48.4 Å². The molecule has 3 aromatic rings. The first-order valence-electron chi connectivity index (χ1n) is 10.7. The molecule has 1 saturated heterocycles. The van der Waals surface area contributed by atoms with E-state index in [1.165, 1.54) is 6.20 Å². The van der Waals surface area contributed by atoms with Gasteiger partial charge in [-0.25, -0.2) is 23.1 Å². The Balaban J connectivity index is 1.31. The number of rotatable bonds is 7. The lowest BCUT2D eigenvalue weighted by Gasteiger charge is -2.32. The van der Waals surface area contributed by atoms with Crippen molar-refractivity contribution in [3.05, 3.63) is 77.6 Å². The van der Waals surface area contributed by atoms with Crippen LogP contribution in [0.25, 0.3) is 0 Å². The topological polar surface area (TPSA) is 84.4 Å². The van der Waals surface area contributed by atoms with Gasteiger partial charge in [-0.15, -0.1) is 0 Å². The number of benzene rings is 1. The average molecular weight is 453 g/mol. The van der Waals surface area contributed by atoms with Gasteiger partial charge >= 0.3 is 0 Å². The van der Waals surface area contributed by atoms with Gasteiger partial charge in [-0.3, -0.25) is 0 Å². The molecule has 4 rings (SSSR count). The molecule has 0 spiro atoms. The van der Waals surface area contributed by atoms with Crippen molar-refractivity contribution in [2.24, 2.45) is 0 Å². The van der Waals surface area contributed by atoms with Crippen molar-refractivity contribution in [1.82, 2.24) is 14.7 Å². The molecule has 3 heterocycles. The fourth-order valence-corrected chi connectivity index (χ4v) is 4.55. The predicted molar refractivity (Wildman–Crippen MR) is 124 cm³/mol. The first-order valence-corrected chi connectivity index (χ1v) is 12.2. The van der Waals surface area contributed by atoms with Crippen LogP contribution >= 0.6 is 0 Å². The van der Waals surface area contributed by atoms with E-state index in [-0.39, 0.29) is 17.5 Å². The summed E-state index contributed by atoms with van der Waals surface area (Å²) in [6, 6.07) is 15.0. The van der Waals surface area contributed by atoms with Gasteiger partial charge in [-0.1, -0.05) is 35.9 Å². The number of aromatic nitrogens is 2. The number of nitrogens with one attached hydrogen (secondary N) is 1. The molecule has 0 bridgehead atoms. The molecule has 0 atom stereocenters. The second-order valence-electron chi connectivity index (χ2n) is 8.14. The molecule has 0 amide bonds. The van der Waals surface area contributed by atoms with Crippen molar-refractivity contribution in [2.75, 3.05) is 18.0 Å². The summed E-state index contributed by atoms with van der Waals surface area (Å²) in [5.41, 5.74) is 3.16. The van der Waals surface area contributed by atoms with Crippen LogP contribution in [0.5, 0.6) is 5.88 Å². The Labute approximate surface area is 189 Å². The Morgan fingerprint density at radius 1 is 0.938 bits per heavy atom. The highest BCUT2D eigenvalue weighted by molar-refractivity contribution is 7.89. The summed E-state index contributed by atoms with van der Waals surface area (Å²) < 4.78 is 33.8. The van der Waals surface area contributed by atoms with E-state index in [1.807, 2.05) is 50.2 Å². The SMILES string of the molecule is Cc1ccc(CNS(=O)(=O)c2ccc(N3CCC(Oc4ccc(C)cn4)CC3)nc2)cc1. The molecule has 1 fully saturated rings. The fraction of sp³-hybridized carbons (Fsp3) is 0.333. The van der Waals surface area contributed by atoms with Crippen molar-refractivity contribution >= 4 is 15.8 Å². The summed E-state index contributed by atoms with van der Waals surface area (Å²) in [5, 5.41) is 0. The standard InChI is InChI=1S/C24H28N4O3S/c1-18-3-6-20(7-4-18)16-27-32(29,30)22-8-9-23(25-17-22)28-13-11-21(12-14-28)31-24-10-5-19(2)15-26-24/h3-10,15,17,21,27H,11-14,16H2,1-2H3. The quantitative estimate of drug-likeness (QED) is 0.589. The molecular weight excluding hydrogens is 424 g/mol. The lowest BCUT2D eigenvalue weighted by atomic mass is 10.1. The highest BCUT2D eigenvalue weighted by atomic mass is 32.2. The maximum Gasteiger partial charge on any atom is 0.242 e. The van der Waals surface area contributed by atoms with Gasteiger partial charge in [0, 0.05) is 50.9 Å². The van der Waals surface area contributed by atoms with Crippen LogP contribution in [-0.4, -0.2) is 37.6 Å². The Bertz CT molecular complexity index is 1120. The van der Waals surface area contributed by atoms with E-state index in [2.05, 4.69) is 19.6 Å². The van der Waals surface area contributed by atoms with Gasteiger partial charge in [0.05, 0.1) is 0 Å². The van der Waals surface area contributed by atoms with Crippen LogP contribution in [0, 0.1) is 13.8 Å². The van der Waals surface area contributed by atoms with Crippen molar-refractivity contribution in [3.63, 3.8) is 0 Å². The molecule has 1 aromatic carbocycles. The second kappa shape index (κ2) is 9.67. The normalized spacial score (nSPS) is 15.0. The van der Waals surface area contributed by atoms with Crippen molar-refractivity contribution < 1.29 is 13.2 Å². The second-order valence-corrected chi connectivity index (χ2v) is 9.91. The van der Waals surface area contributed by atoms with E-state index in [9.17, 15) is 8.42 Å². The molecular formula is C24H28N4O3S. The van der Waals surface area contributed by atoms with Crippen LogP contribution in [0.2, 0.25) is 0 Å². The van der Waals surface area contributed by atoms with Crippen LogP contribution in [0.3, 0.4) is 0 Å². The number of piperidine rings is 1. The van der Waals surface area contributed by atoms with Crippen LogP contribution in [0.1, 0.15) is 29.5 Å². The molecule has 32 heavy (non-hydrogen) atoms. The Kier molecular flexibility index (Phi) is 6.72. The van der Waals surface area contributed by atoms with Gasteiger partial charge in [-0.05, 0) is 37.1 Å². The minimum Gasteiger partial charge on any atom is -0.474 e. The summed E-state index contributed by atoms with van der Waals surface area (Å²) in [4.78, 5) is 11.0. The average Bonchev–Trinajstić information content (AvgIpc) is 2.81. The lowest BCUT2D eigenvalue weighted by Crippen LogP contribution is -2.38. The lowest BCUT2D eigenvalue weighted by molar-refractivity contribution is 0.163. The van der Waals surface area contributed by atoms with E-state index >= 15 is 0 Å². The zero-order valence-corrected chi connectivity index (χ0v) is 19.2. The Morgan fingerprint density at radius 3 is 2.28 bits per heavy atom. The van der Waals surface area contributed by atoms with Crippen molar-refractivity contribution in [1.29, 1.82) is 0 Å². The molecule has 0 aliphatic carbocycles. The first-order chi connectivity index (χ1) is 15.4. The van der Waals surface area contributed by atoms with Gasteiger partial charge < -0.3 is 9.64 Å². The number of sulfonamides is 1. The molecule has 7 nitrogen and oxygen atoms in total. The summed E-state index contributed by atoms with van der Waals surface area (Å²) in [6.07, 6.45) is 5.06. The van der Waals surface area contributed by atoms with E-state index in [0.29, 0.717) is 5.88 Å². The van der Waals surface area contributed by atoms with Gasteiger partial charge in [0.25, 0.3) is 0 Å². The highest BCUT2D eigenvalue weighted by Gasteiger charge is 2.22. The zero-order valence-electron chi connectivity index (χ0n) is 18.4. The minimum atomic E-state index is -3.62. The van der Waals surface area contributed by atoms with Gasteiger partial charge in [0.2, 0.25) is 15.9 Å². The van der Waals surface area contributed by atoms with Crippen LogP contribution in [0.4, 0.5) is 5.82 Å². The first kappa shape index (κ1) is 22.2. The smallest absolute Gasteiger partial charge is 0.242 e. The van der Waals surface area contributed by atoms with E-state index < -0.39 is 10.0 Å². The molecule has 168 valence electrons. The van der Waals surface area contributed by atoms with Crippen LogP contribution in [0.15, 0.2) is 65.8 Å². The number of anilines is 1. The maximum atomic E-state index is 12.6. The number of nitrogens with zero attached hydrogens (tertiary/aromatic N) is 3. The highest BCUT2D eigenvalue weighted by Crippen LogP contribution is 2.22. The molecule has 8 heteroatoms. The van der Waals surface area contributed by atoms with Crippen LogP contribution in [-0.2, 0) is 16.6 Å². The molecule has 0 saturated carbocycles. The number of ether oxygens (including phenoxy) is 1. The monoisotopic (exact) mass is 452 g/mol. The molecule has 0 radical (unpaired) electrons. The Hall–Kier alpha value is -2.97. The fourth-order valence-electron chi connectivity index (χ4n) is 3.58. The van der Waals surface area contributed by atoms with Gasteiger partial charge in [0.15, 0.2) is 0 Å². The number of hydrogen-bond acceptors (Lipinski definition) is 6. The predicted octanol–water partition coefficient (Wildman–Crippen LogP) is 3.62. The van der Waals surface area contributed by atoms with E-state index in [4.69, 9.17) is 4.74 Å². The Morgan fingerprint density at radius 2 is 1.66 bits per heavy atom. The number of pyridine rings is 2. The van der Waals surface area contributed by atoms with Crippen LogP contribution < -0.4 is 14.4 Å². The largest absolute Gasteiger partial charge is 0.474 e. The minimum absolute atomic E-state index is 0.118. The summed E-state index contributed by atoms with van der Waals surface area (Å²) in [7, 11) is -3.62. The maximum absolute atomic E-state index is 12.6. The molecule has 1 aliphatic rings. The summed E-state index contributed by atoms with van der Waals surface area (Å²) in [6.45, 7) is 5.83. The number of hydrogen-bond donors (Lipinski definition) is 1. The van der Waals surface area contributed by atoms with Gasteiger partial charge in [0.1, 0.15) is 16.8 Å². The zero-order chi connectivity index (χ0) is 22.6. The third-order valence-corrected chi connectivity index (χ3v) is 6.94. The summed E-state index contributed by atoms with van der Waals surface area (Å²) >= 11 is 0. The van der Waals surface area contributed by atoms with Gasteiger partial charge in [-0.2, -0.15) is 0 Å². The molecule has 1 aliphatic heterocycles. The summed E-state index contributed by atoms with van der Waals surface area (Å²) in [5.74, 6) is 1.43. The molecule has 2 aromatic heterocycles. The van der Waals surface area contributed by atoms with Crippen molar-refractivity contribution in [2.45, 2.75) is 44.2 Å². The van der Waals surface area contributed by atoms with E-state index in [1.54, 1.807) is 18.3 Å². The third kappa shape index (κ3) is 5.63.